The average Bonchev–Trinajstić information content (AvgIpc) is 2.37. The predicted octanol–water partition coefficient (Wildman–Crippen LogP) is 2.40. The summed E-state index contributed by atoms with van der Waals surface area (Å²) in [7, 11) is 0. The minimum atomic E-state index is -0.476. The highest BCUT2D eigenvalue weighted by atomic mass is 19.1. The van der Waals surface area contributed by atoms with Crippen molar-refractivity contribution in [3.05, 3.63) is 29.6 Å². The SMILES string of the molecule is CCC(C)(C)NC(=O)COc1c(F)cccc1CC(C)N. The van der Waals surface area contributed by atoms with Crippen LogP contribution in [0.5, 0.6) is 5.75 Å². The largest absolute Gasteiger partial charge is 0.480 e. The zero-order valence-electron chi connectivity index (χ0n) is 13.2. The van der Waals surface area contributed by atoms with Crippen LogP contribution in [0.4, 0.5) is 4.39 Å². The lowest BCUT2D eigenvalue weighted by molar-refractivity contribution is -0.124. The first-order valence-corrected chi connectivity index (χ1v) is 7.22. The van der Waals surface area contributed by atoms with Gasteiger partial charge in [0.1, 0.15) is 0 Å². The molecule has 0 bridgehead atoms. The van der Waals surface area contributed by atoms with E-state index in [0.717, 1.165) is 6.42 Å². The van der Waals surface area contributed by atoms with Crippen molar-refractivity contribution in [3.8, 4) is 5.75 Å². The van der Waals surface area contributed by atoms with Crippen molar-refractivity contribution in [2.75, 3.05) is 6.61 Å². The molecular weight excluding hydrogens is 271 g/mol. The zero-order valence-corrected chi connectivity index (χ0v) is 13.2. The number of carbonyl (C=O) groups excluding carboxylic acids is 1. The Bertz CT molecular complexity index is 487. The molecule has 21 heavy (non-hydrogen) atoms. The first-order valence-electron chi connectivity index (χ1n) is 7.22. The minimum absolute atomic E-state index is 0.109. The van der Waals surface area contributed by atoms with E-state index in [9.17, 15) is 9.18 Å². The molecule has 4 nitrogen and oxygen atoms in total. The monoisotopic (exact) mass is 296 g/mol. The summed E-state index contributed by atoms with van der Waals surface area (Å²) in [4.78, 5) is 11.9. The summed E-state index contributed by atoms with van der Waals surface area (Å²) < 4.78 is 19.2. The summed E-state index contributed by atoms with van der Waals surface area (Å²) in [6.07, 6.45) is 1.30. The van der Waals surface area contributed by atoms with Gasteiger partial charge in [0.15, 0.2) is 18.2 Å². The van der Waals surface area contributed by atoms with Crippen molar-refractivity contribution >= 4 is 5.91 Å². The summed E-state index contributed by atoms with van der Waals surface area (Å²) in [6, 6.07) is 4.58. The third-order valence-electron chi connectivity index (χ3n) is 3.30. The Morgan fingerprint density at radius 1 is 1.48 bits per heavy atom. The molecule has 1 amide bonds. The average molecular weight is 296 g/mol. The number of rotatable bonds is 7. The van der Waals surface area contributed by atoms with Gasteiger partial charge in [-0.15, -0.1) is 0 Å². The number of hydrogen-bond acceptors (Lipinski definition) is 3. The minimum Gasteiger partial charge on any atom is -0.480 e. The van der Waals surface area contributed by atoms with E-state index in [4.69, 9.17) is 10.5 Å². The Hall–Kier alpha value is -1.62. The van der Waals surface area contributed by atoms with Gasteiger partial charge in [0.2, 0.25) is 0 Å². The van der Waals surface area contributed by atoms with E-state index in [1.165, 1.54) is 6.07 Å². The number of amides is 1. The molecule has 1 aromatic rings. The molecule has 0 aromatic heterocycles. The number of nitrogens with one attached hydrogen (secondary N) is 1. The normalized spacial score (nSPS) is 12.9. The van der Waals surface area contributed by atoms with Gasteiger partial charge in [0, 0.05) is 11.6 Å². The van der Waals surface area contributed by atoms with Crippen molar-refractivity contribution < 1.29 is 13.9 Å². The Labute approximate surface area is 125 Å². The molecule has 0 spiro atoms. The summed E-state index contributed by atoms with van der Waals surface area (Å²) in [5, 5.41) is 2.84. The van der Waals surface area contributed by atoms with Crippen molar-refractivity contribution in [1.82, 2.24) is 5.32 Å². The molecule has 1 atom stereocenters. The molecule has 0 aliphatic rings. The highest BCUT2D eigenvalue weighted by molar-refractivity contribution is 5.78. The maximum absolute atomic E-state index is 13.9. The number of hydrogen-bond donors (Lipinski definition) is 2. The molecule has 1 aromatic carbocycles. The number of halogens is 1. The van der Waals surface area contributed by atoms with Crippen LogP contribution in [0.1, 0.15) is 39.7 Å². The lowest BCUT2D eigenvalue weighted by Gasteiger charge is -2.24. The molecule has 0 aliphatic heterocycles. The van der Waals surface area contributed by atoms with Gasteiger partial charge in [-0.2, -0.15) is 0 Å². The summed E-state index contributed by atoms with van der Waals surface area (Å²) in [5.41, 5.74) is 6.12. The lowest BCUT2D eigenvalue weighted by atomic mass is 10.0. The molecule has 0 aliphatic carbocycles. The molecule has 1 unspecified atom stereocenters. The molecule has 0 radical (unpaired) electrons. The van der Waals surface area contributed by atoms with Crippen LogP contribution in [0.3, 0.4) is 0 Å². The van der Waals surface area contributed by atoms with Crippen LogP contribution in [0.15, 0.2) is 18.2 Å². The van der Waals surface area contributed by atoms with Gasteiger partial charge in [0.25, 0.3) is 5.91 Å². The first-order chi connectivity index (χ1) is 9.75. The van der Waals surface area contributed by atoms with E-state index in [1.807, 2.05) is 27.7 Å². The van der Waals surface area contributed by atoms with E-state index in [2.05, 4.69) is 5.32 Å². The Kier molecular flexibility index (Phi) is 6.15. The van der Waals surface area contributed by atoms with Crippen molar-refractivity contribution in [2.24, 2.45) is 5.73 Å². The highest BCUT2D eigenvalue weighted by Crippen LogP contribution is 2.23. The molecule has 0 heterocycles. The second kappa shape index (κ2) is 7.41. The van der Waals surface area contributed by atoms with Crippen LogP contribution >= 0.6 is 0 Å². The first kappa shape index (κ1) is 17.4. The number of para-hydroxylation sites is 1. The lowest BCUT2D eigenvalue weighted by Crippen LogP contribution is -2.45. The molecule has 0 saturated heterocycles. The quantitative estimate of drug-likeness (QED) is 0.812. The molecule has 1 rings (SSSR count). The van der Waals surface area contributed by atoms with Gasteiger partial charge in [-0.1, -0.05) is 19.1 Å². The van der Waals surface area contributed by atoms with Gasteiger partial charge in [-0.3, -0.25) is 4.79 Å². The summed E-state index contributed by atoms with van der Waals surface area (Å²) in [5.74, 6) is -0.633. The Balaban J connectivity index is 2.73. The molecule has 0 fully saturated rings. The standard InChI is InChI=1S/C16H25FN2O2/c1-5-16(3,4)19-14(20)10-21-15-12(9-11(2)18)7-6-8-13(15)17/h6-8,11H,5,9-10,18H2,1-4H3,(H,19,20). The van der Waals surface area contributed by atoms with E-state index >= 15 is 0 Å². The van der Waals surface area contributed by atoms with Crippen molar-refractivity contribution in [1.29, 1.82) is 0 Å². The van der Waals surface area contributed by atoms with E-state index in [1.54, 1.807) is 12.1 Å². The van der Waals surface area contributed by atoms with Crippen LogP contribution in [0, 0.1) is 5.82 Å². The predicted molar refractivity (Wildman–Crippen MR) is 81.8 cm³/mol. The second-order valence-electron chi connectivity index (χ2n) is 5.98. The fourth-order valence-electron chi connectivity index (χ4n) is 1.86. The number of benzene rings is 1. The fraction of sp³-hybridized carbons (Fsp3) is 0.562. The third kappa shape index (κ3) is 5.71. The zero-order chi connectivity index (χ0) is 16.0. The van der Waals surface area contributed by atoms with Gasteiger partial charge >= 0.3 is 0 Å². The third-order valence-corrected chi connectivity index (χ3v) is 3.30. The van der Waals surface area contributed by atoms with Crippen molar-refractivity contribution in [3.63, 3.8) is 0 Å². The highest BCUT2D eigenvalue weighted by Gasteiger charge is 2.19. The Morgan fingerprint density at radius 2 is 2.14 bits per heavy atom. The van der Waals surface area contributed by atoms with Crippen molar-refractivity contribution in [2.45, 2.75) is 52.1 Å². The fourth-order valence-corrected chi connectivity index (χ4v) is 1.86. The molecule has 118 valence electrons. The van der Waals surface area contributed by atoms with Crippen LogP contribution < -0.4 is 15.8 Å². The van der Waals surface area contributed by atoms with Gasteiger partial charge in [-0.05, 0) is 45.2 Å². The van der Waals surface area contributed by atoms with Crippen LogP contribution in [0.25, 0.3) is 0 Å². The summed E-state index contributed by atoms with van der Waals surface area (Å²) in [6.45, 7) is 7.46. The maximum Gasteiger partial charge on any atom is 0.258 e. The molecule has 5 heteroatoms. The van der Waals surface area contributed by atoms with E-state index in [-0.39, 0.29) is 29.8 Å². The van der Waals surface area contributed by atoms with Gasteiger partial charge < -0.3 is 15.8 Å². The van der Waals surface area contributed by atoms with E-state index in [0.29, 0.717) is 12.0 Å². The summed E-state index contributed by atoms with van der Waals surface area (Å²) >= 11 is 0. The smallest absolute Gasteiger partial charge is 0.258 e. The van der Waals surface area contributed by atoms with Crippen LogP contribution in [-0.2, 0) is 11.2 Å². The molecular formula is C16H25FN2O2. The second-order valence-corrected chi connectivity index (χ2v) is 5.98. The number of nitrogens with two attached hydrogens (primary N) is 1. The Morgan fingerprint density at radius 3 is 2.71 bits per heavy atom. The van der Waals surface area contributed by atoms with E-state index < -0.39 is 5.82 Å². The van der Waals surface area contributed by atoms with Crippen LogP contribution in [-0.4, -0.2) is 24.1 Å². The van der Waals surface area contributed by atoms with Gasteiger partial charge in [-0.25, -0.2) is 4.39 Å². The topological polar surface area (TPSA) is 64.3 Å². The van der Waals surface area contributed by atoms with Crippen LogP contribution in [0.2, 0.25) is 0 Å². The number of carbonyl (C=O) groups is 1. The molecule has 0 saturated carbocycles. The number of ether oxygens (including phenoxy) is 1. The maximum atomic E-state index is 13.9. The van der Waals surface area contributed by atoms with Gasteiger partial charge in [0.05, 0.1) is 0 Å². The molecule has 3 N–H and O–H groups in total.